The third kappa shape index (κ3) is 5.53. The van der Waals surface area contributed by atoms with Crippen molar-refractivity contribution < 1.29 is 39.7 Å². The van der Waals surface area contributed by atoms with Crippen LogP contribution in [0.15, 0.2) is 12.2 Å². The molecule has 0 aromatic carbocycles. The van der Waals surface area contributed by atoms with Crippen molar-refractivity contribution >= 4 is 5.97 Å². The molecule has 0 amide bonds. The zero-order chi connectivity index (χ0) is 15.6. The van der Waals surface area contributed by atoms with Gasteiger partial charge in [-0.3, -0.25) is 0 Å². The van der Waals surface area contributed by atoms with Gasteiger partial charge in [0.2, 0.25) is 0 Å². The molecule has 3 N–H and O–H groups in total. The molecule has 0 bridgehead atoms. The molecule has 0 saturated heterocycles. The Hall–Kier alpha value is -1.03. The molecule has 0 aromatic rings. The normalized spacial score (nSPS) is 13.1. The molecule has 0 saturated carbocycles. The lowest BCUT2D eigenvalue weighted by Gasteiger charge is -2.34. The zero-order valence-corrected chi connectivity index (χ0v) is 11.7. The smallest absolute Gasteiger partial charge is 0.333 e. The standard InChI is InChI=1S/C12H22O8/c1-4-5-17-20-19-10(6-13)12(7-14,8-15)18-11(16)9(2)3/h10,13-15H,2,4-8H2,1,3H3. The average molecular weight is 294 g/mol. The van der Waals surface area contributed by atoms with E-state index in [2.05, 4.69) is 16.5 Å². The minimum Gasteiger partial charge on any atom is -0.448 e. The Morgan fingerprint density at radius 2 is 1.90 bits per heavy atom. The van der Waals surface area contributed by atoms with E-state index in [0.717, 1.165) is 0 Å². The lowest BCUT2D eigenvalue weighted by molar-refractivity contribution is -0.536. The first-order chi connectivity index (χ1) is 9.47. The van der Waals surface area contributed by atoms with Crippen molar-refractivity contribution in [2.24, 2.45) is 0 Å². The molecular weight excluding hydrogens is 272 g/mol. The Balaban J connectivity index is 4.79. The predicted octanol–water partition coefficient (Wildman–Crippen LogP) is -0.520. The zero-order valence-electron chi connectivity index (χ0n) is 11.7. The SMILES string of the molecule is C=C(C)C(=O)OC(CO)(CO)C(CO)OOOCCC. The highest BCUT2D eigenvalue weighted by Crippen LogP contribution is 2.20. The van der Waals surface area contributed by atoms with E-state index in [1.165, 1.54) is 6.92 Å². The maximum atomic E-state index is 11.5. The molecule has 1 unspecified atom stereocenters. The summed E-state index contributed by atoms with van der Waals surface area (Å²) in [6.07, 6.45) is -0.666. The Morgan fingerprint density at radius 3 is 2.30 bits per heavy atom. The van der Waals surface area contributed by atoms with Crippen molar-refractivity contribution in [1.82, 2.24) is 0 Å². The third-order valence-corrected chi connectivity index (χ3v) is 2.42. The minimum absolute atomic E-state index is 0.0658. The number of carbonyl (C=O) groups excluding carboxylic acids is 1. The predicted molar refractivity (Wildman–Crippen MR) is 67.1 cm³/mol. The van der Waals surface area contributed by atoms with Gasteiger partial charge in [-0.05, 0) is 13.3 Å². The first kappa shape index (κ1) is 19.0. The topological polar surface area (TPSA) is 115 Å². The van der Waals surface area contributed by atoms with Crippen molar-refractivity contribution in [1.29, 1.82) is 0 Å². The Labute approximate surface area is 117 Å². The van der Waals surface area contributed by atoms with Gasteiger partial charge in [-0.1, -0.05) is 18.5 Å². The molecule has 0 radical (unpaired) electrons. The summed E-state index contributed by atoms with van der Waals surface area (Å²) >= 11 is 0. The lowest BCUT2D eigenvalue weighted by atomic mass is 9.99. The minimum atomic E-state index is -1.87. The van der Waals surface area contributed by atoms with Gasteiger partial charge in [-0.25, -0.2) is 9.68 Å². The van der Waals surface area contributed by atoms with Gasteiger partial charge >= 0.3 is 5.97 Å². The van der Waals surface area contributed by atoms with Crippen molar-refractivity contribution in [3.8, 4) is 0 Å². The molecular formula is C12H22O8. The van der Waals surface area contributed by atoms with Crippen LogP contribution in [-0.4, -0.2) is 59.4 Å². The van der Waals surface area contributed by atoms with E-state index >= 15 is 0 Å². The average Bonchev–Trinajstić information content (AvgIpc) is 2.45. The van der Waals surface area contributed by atoms with Crippen LogP contribution in [0.25, 0.3) is 0 Å². The molecule has 20 heavy (non-hydrogen) atoms. The summed E-state index contributed by atoms with van der Waals surface area (Å²) in [5.41, 5.74) is -1.81. The molecule has 8 nitrogen and oxygen atoms in total. The van der Waals surface area contributed by atoms with Crippen LogP contribution in [0.4, 0.5) is 0 Å². The second-order valence-electron chi connectivity index (χ2n) is 4.21. The van der Waals surface area contributed by atoms with Gasteiger partial charge in [-0.15, -0.1) is 0 Å². The van der Waals surface area contributed by atoms with Crippen LogP contribution in [0.5, 0.6) is 0 Å². The number of ether oxygens (including phenoxy) is 1. The van der Waals surface area contributed by atoms with Gasteiger partial charge in [0.1, 0.15) is 0 Å². The van der Waals surface area contributed by atoms with Crippen molar-refractivity contribution in [3.05, 3.63) is 12.2 Å². The van der Waals surface area contributed by atoms with Crippen LogP contribution in [-0.2, 0) is 24.3 Å². The van der Waals surface area contributed by atoms with E-state index in [4.69, 9.17) is 9.62 Å². The first-order valence-electron chi connectivity index (χ1n) is 6.13. The first-order valence-corrected chi connectivity index (χ1v) is 6.13. The van der Waals surface area contributed by atoms with Crippen LogP contribution in [0, 0.1) is 0 Å². The Kier molecular flexibility index (Phi) is 9.30. The molecule has 0 aliphatic carbocycles. The summed E-state index contributed by atoms with van der Waals surface area (Å²) in [6, 6.07) is 0. The number of aliphatic hydroxyl groups is 3. The fourth-order valence-electron chi connectivity index (χ4n) is 1.13. The van der Waals surface area contributed by atoms with Gasteiger partial charge in [0, 0.05) is 5.57 Å². The number of aliphatic hydroxyl groups excluding tert-OH is 3. The van der Waals surface area contributed by atoms with Crippen LogP contribution >= 0.6 is 0 Å². The Morgan fingerprint density at radius 1 is 1.30 bits per heavy atom. The largest absolute Gasteiger partial charge is 0.448 e. The van der Waals surface area contributed by atoms with Crippen LogP contribution in [0.1, 0.15) is 20.3 Å². The maximum absolute atomic E-state index is 11.5. The summed E-state index contributed by atoms with van der Waals surface area (Å²) in [5, 5.41) is 32.3. The molecule has 0 fully saturated rings. The van der Waals surface area contributed by atoms with E-state index in [1.807, 2.05) is 6.92 Å². The fourth-order valence-corrected chi connectivity index (χ4v) is 1.13. The van der Waals surface area contributed by atoms with E-state index < -0.39 is 37.5 Å². The molecule has 118 valence electrons. The number of carbonyl (C=O) groups is 1. The highest BCUT2D eigenvalue weighted by Gasteiger charge is 2.44. The number of esters is 1. The quantitative estimate of drug-likeness (QED) is 0.153. The van der Waals surface area contributed by atoms with Gasteiger partial charge in [0.15, 0.2) is 11.7 Å². The van der Waals surface area contributed by atoms with E-state index in [1.54, 1.807) is 0 Å². The summed E-state index contributed by atoms with van der Waals surface area (Å²) in [5.74, 6) is -0.843. The van der Waals surface area contributed by atoms with Gasteiger partial charge in [0.05, 0.1) is 26.4 Å². The monoisotopic (exact) mass is 294 g/mol. The third-order valence-electron chi connectivity index (χ3n) is 2.42. The molecule has 0 rings (SSSR count). The molecule has 8 heteroatoms. The highest BCUT2D eigenvalue weighted by molar-refractivity contribution is 5.87. The lowest BCUT2D eigenvalue weighted by Crippen LogP contribution is -2.55. The van der Waals surface area contributed by atoms with E-state index in [0.29, 0.717) is 6.42 Å². The van der Waals surface area contributed by atoms with Gasteiger partial charge in [0.25, 0.3) is 0 Å². The second kappa shape index (κ2) is 9.81. The second-order valence-corrected chi connectivity index (χ2v) is 4.21. The maximum Gasteiger partial charge on any atom is 0.333 e. The van der Waals surface area contributed by atoms with Crippen molar-refractivity contribution in [2.45, 2.75) is 32.0 Å². The van der Waals surface area contributed by atoms with Crippen molar-refractivity contribution in [2.75, 3.05) is 26.4 Å². The van der Waals surface area contributed by atoms with E-state index in [9.17, 15) is 20.1 Å². The molecule has 0 heterocycles. The highest BCUT2D eigenvalue weighted by atomic mass is 17.5. The molecule has 0 aromatic heterocycles. The molecule has 0 spiro atoms. The van der Waals surface area contributed by atoms with Crippen LogP contribution < -0.4 is 0 Å². The number of rotatable bonds is 11. The Bertz CT molecular complexity index is 300. The fraction of sp³-hybridized carbons (Fsp3) is 0.750. The molecule has 0 aliphatic heterocycles. The number of hydrogen-bond acceptors (Lipinski definition) is 8. The van der Waals surface area contributed by atoms with Gasteiger partial charge in [-0.2, -0.15) is 4.89 Å². The van der Waals surface area contributed by atoms with Crippen LogP contribution in [0.2, 0.25) is 0 Å². The van der Waals surface area contributed by atoms with Gasteiger partial charge < -0.3 is 20.1 Å². The summed E-state index contributed by atoms with van der Waals surface area (Å²) in [4.78, 5) is 20.8. The van der Waals surface area contributed by atoms with Crippen LogP contribution in [0.3, 0.4) is 0 Å². The molecule has 1 atom stereocenters. The van der Waals surface area contributed by atoms with Crippen molar-refractivity contribution in [3.63, 3.8) is 0 Å². The number of hydrogen-bond donors (Lipinski definition) is 3. The summed E-state index contributed by atoms with van der Waals surface area (Å²) in [6.45, 7) is 4.61. The van der Waals surface area contributed by atoms with E-state index in [-0.39, 0.29) is 12.2 Å². The molecule has 0 aliphatic rings. The summed E-state index contributed by atoms with van der Waals surface area (Å²) in [7, 11) is 0. The summed E-state index contributed by atoms with van der Waals surface area (Å²) < 4.78 is 4.95.